The molecule has 18 heavy (non-hydrogen) atoms. The topological polar surface area (TPSA) is 28.2 Å². The highest BCUT2D eigenvalue weighted by atomic mass is 32.1. The van der Waals surface area contributed by atoms with E-state index in [2.05, 4.69) is 28.3 Å². The zero-order chi connectivity index (χ0) is 12.4. The predicted molar refractivity (Wildman–Crippen MR) is 76.1 cm³/mol. The van der Waals surface area contributed by atoms with Crippen LogP contribution in [0.25, 0.3) is 0 Å². The van der Waals surface area contributed by atoms with E-state index in [0.717, 1.165) is 25.6 Å². The quantitative estimate of drug-likeness (QED) is 0.910. The zero-order valence-electron chi connectivity index (χ0n) is 11.2. The van der Waals surface area contributed by atoms with Gasteiger partial charge in [0.05, 0.1) is 5.01 Å². The lowest BCUT2D eigenvalue weighted by atomic mass is 10.1. The maximum atomic E-state index is 4.66. The van der Waals surface area contributed by atoms with Crippen molar-refractivity contribution in [1.82, 2.24) is 15.2 Å². The minimum atomic E-state index is 0.626. The molecule has 1 aliphatic carbocycles. The third kappa shape index (κ3) is 2.92. The monoisotopic (exact) mass is 265 g/mol. The zero-order valence-corrected chi connectivity index (χ0v) is 12.0. The molecule has 1 aromatic rings. The Labute approximate surface area is 114 Å². The summed E-state index contributed by atoms with van der Waals surface area (Å²) < 4.78 is 0. The van der Waals surface area contributed by atoms with E-state index in [9.17, 15) is 0 Å². The van der Waals surface area contributed by atoms with Crippen LogP contribution in [-0.2, 0) is 6.54 Å². The van der Waals surface area contributed by atoms with Gasteiger partial charge in [0.15, 0.2) is 0 Å². The summed E-state index contributed by atoms with van der Waals surface area (Å²) in [6, 6.07) is 0.626. The molecule has 100 valence electrons. The Morgan fingerprint density at radius 3 is 3.06 bits per heavy atom. The fourth-order valence-electron chi connectivity index (χ4n) is 3.13. The molecule has 1 saturated carbocycles. The summed E-state index contributed by atoms with van der Waals surface area (Å²) in [5.74, 6) is 0.769. The van der Waals surface area contributed by atoms with Crippen LogP contribution < -0.4 is 5.32 Å². The lowest BCUT2D eigenvalue weighted by molar-refractivity contribution is 0.201. The van der Waals surface area contributed by atoms with Crippen molar-refractivity contribution in [3.8, 4) is 0 Å². The van der Waals surface area contributed by atoms with Crippen LogP contribution >= 0.6 is 11.3 Å². The second-order valence-corrected chi connectivity index (χ2v) is 6.88. The average Bonchev–Trinajstić information content (AvgIpc) is 2.98. The molecule has 3 rings (SSSR count). The summed E-state index contributed by atoms with van der Waals surface area (Å²) in [6.45, 7) is 6.81. The van der Waals surface area contributed by atoms with E-state index in [-0.39, 0.29) is 0 Å². The van der Waals surface area contributed by atoms with Gasteiger partial charge in [-0.15, -0.1) is 11.3 Å². The molecule has 0 amide bonds. The molecule has 0 aromatic carbocycles. The molecule has 1 aromatic heterocycles. The lowest BCUT2D eigenvalue weighted by Gasteiger charge is -2.31. The van der Waals surface area contributed by atoms with Crippen LogP contribution in [0.15, 0.2) is 6.20 Å². The highest BCUT2D eigenvalue weighted by Gasteiger charge is 2.21. The Bertz CT molecular complexity index is 384. The predicted octanol–water partition coefficient (Wildman–Crippen LogP) is 2.59. The van der Waals surface area contributed by atoms with Crippen LogP contribution in [-0.4, -0.2) is 35.6 Å². The van der Waals surface area contributed by atoms with E-state index in [0.29, 0.717) is 6.04 Å². The van der Waals surface area contributed by atoms with E-state index >= 15 is 0 Å². The Hall–Kier alpha value is -0.450. The van der Waals surface area contributed by atoms with Gasteiger partial charge in [0.1, 0.15) is 0 Å². The molecule has 2 aliphatic rings. The third-order valence-corrected chi connectivity index (χ3v) is 5.25. The third-order valence-electron chi connectivity index (χ3n) is 4.11. The molecule has 1 N–H and O–H groups in total. The minimum absolute atomic E-state index is 0.626. The van der Waals surface area contributed by atoms with Gasteiger partial charge in [0.2, 0.25) is 0 Å². The van der Waals surface area contributed by atoms with Gasteiger partial charge in [0, 0.05) is 49.2 Å². The van der Waals surface area contributed by atoms with Crippen molar-refractivity contribution in [3.05, 3.63) is 16.1 Å². The van der Waals surface area contributed by atoms with Crippen LogP contribution in [0.3, 0.4) is 0 Å². The first-order valence-corrected chi connectivity index (χ1v) is 8.03. The van der Waals surface area contributed by atoms with Crippen LogP contribution in [0.5, 0.6) is 0 Å². The van der Waals surface area contributed by atoms with Gasteiger partial charge in [-0.25, -0.2) is 4.98 Å². The largest absolute Gasteiger partial charge is 0.312 e. The Morgan fingerprint density at radius 2 is 2.28 bits per heavy atom. The molecular weight excluding hydrogens is 242 g/mol. The minimum Gasteiger partial charge on any atom is -0.312 e. The summed E-state index contributed by atoms with van der Waals surface area (Å²) in [5, 5.41) is 4.89. The Kier molecular flexibility index (Phi) is 3.97. The molecule has 0 spiro atoms. The molecule has 0 unspecified atom stereocenters. The molecule has 1 aliphatic heterocycles. The summed E-state index contributed by atoms with van der Waals surface area (Å²) >= 11 is 1.95. The molecule has 2 heterocycles. The van der Waals surface area contributed by atoms with Gasteiger partial charge >= 0.3 is 0 Å². The van der Waals surface area contributed by atoms with Crippen molar-refractivity contribution in [2.24, 2.45) is 0 Å². The van der Waals surface area contributed by atoms with Gasteiger partial charge in [0.25, 0.3) is 0 Å². The number of nitrogens with one attached hydrogen (secondary N) is 1. The average molecular weight is 265 g/mol. The standard InChI is InChI=1S/C14H23N3S/c1-11-9-17(7-6-15-11)10-13-8-16-14(18-13)12-4-2-3-5-12/h8,11-12,15H,2-7,9-10H2,1H3/t11-/m0/s1. The molecule has 0 bridgehead atoms. The van der Waals surface area contributed by atoms with Crippen LogP contribution in [0.2, 0.25) is 0 Å². The van der Waals surface area contributed by atoms with E-state index in [1.165, 1.54) is 42.1 Å². The lowest BCUT2D eigenvalue weighted by Crippen LogP contribution is -2.48. The normalized spacial score (nSPS) is 26.8. The van der Waals surface area contributed by atoms with Crippen molar-refractivity contribution in [2.75, 3.05) is 19.6 Å². The van der Waals surface area contributed by atoms with Gasteiger partial charge < -0.3 is 5.32 Å². The Balaban J connectivity index is 1.59. The number of nitrogens with zero attached hydrogens (tertiary/aromatic N) is 2. The van der Waals surface area contributed by atoms with E-state index < -0.39 is 0 Å². The summed E-state index contributed by atoms with van der Waals surface area (Å²) in [5.41, 5.74) is 0. The molecule has 1 atom stereocenters. The highest BCUT2D eigenvalue weighted by Crippen LogP contribution is 2.36. The number of thiazole rings is 1. The molecule has 0 radical (unpaired) electrons. The van der Waals surface area contributed by atoms with Gasteiger partial charge in [-0.3, -0.25) is 4.90 Å². The molecule has 4 heteroatoms. The van der Waals surface area contributed by atoms with Crippen LogP contribution in [0.1, 0.15) is 48.4 Å². The maximum Gasteiger partial charge on any atom is 0.0959 e. The molecule has 3 nitrogen and oxygen atoms in total. The van der Waals surface area contributed by atoms with Gasteiger partial charge in [-0.1, -0.05) is 12.8 Å². The number of aromatic nitrogens is 1. The van der Waals surface area contributed by atoms with Crippen molar-refractivity contribution in [1.29, 1.82) is 0 Å². The van der Waals surface area contributed by atoms with Crippen molar-refractivity contribution < 1.29 is 0 Å². The second kappa shape index (κ2) is 5.68. The number of hydrogen-bond acceptors (Lipinski definition) is 4. The summed E-state index contributed by atoms with van der Waals surface area (Å²) in [6.07, 6.45) is 7.63. The van der Waals surface area contributed by atoms with Crippen LogP contribution in [0.4, 0.5) is 0 Å². The molecule has 2 fully saturated rings. The number of rotatable bonds is 3. The van der Waals surface area contributed by atoms with E-state index in [1.54, 1.807) is 0 Å². The fourth-order valence-corrected chi connectivity index (χ4v) is 4.26. The van der Waals surface area contributed by atoms with Crippen molar-refractivity contribution in [3.63, 3.8) is 0 Å². The van der Waals surface area contributed by atoms with E-state index in [1.807, 2.05) is 11.3 Å². The Morgan fingerprint density at radius 1 is 1.44 bits per heavy atom. The first kappa shape index (κ1) is 12.6. The summed E-state index contributed by atoms with van der Waals surface area (Å²) in [4.78, 5) is 8.66. The van der Waals surface area contributed by atoms with Gasteiger partial charge in [-0.2, -0.15) is 0 Å². The maximum absolute atomic E-state index is 4.66. The first-order chi connectivity index (χ1) is 8.81. The smallest absolute Gasteiger partial charge is 0.0959 e. The van der Waals surface area contributed by atoms with Gasteiger partial charge in [-0.05, 0) is 19.8 Å². The number of hydrogen-bond donors (Lipinski definition) is 1. The first-order valence-electron chi connectivity index (χ1n) is 7.21. The summed E-state index contributed by atoms with van der Waals surface area (Å²) in [7, 11) is 0. The van der Waals surface area contributed by atoms with Crippen molar-refractivity contribution in [2.45, 2.75) is 51.1 Å². The number of piperazine rings is 1. The second-order valence-electron chi connectivity index (χ2n) is 5.74. The van der Waals surface area contributed by atoms with Crippen molar-refractivity contribution >= 4 is 11.3 Å². The molecule has 1 saturated heterocycles. The van der Waals surface area contributed by atoms with Crippen LogP contribution in [0, 0.1) is 0 Å². The molecular formula is C14H23N3S. The fraction of sp³-hybridized carbons (Fsp3) is 0.786. The van der Waals surface area contributed by atoms with E-state index in [4.69, 9.17) is 0 Å². The highest BCUT2D eigenvalue weighted by molar-refractivity contribution is 7.11. The SMILES string of the molecule is C[C@H]1CN(Cc2cnc(C3CCCC3)s2)CCN1.